The molecule has 7 nitrogen and oxygen atoms in total. The van der Waals surface area contributed by atoms with E-state index in [-0.39, 0.29) is 21.7 Å². The van der Waals surface area contributed by atoms with Crippen LogP contribution in [0.1, 0.15) is 42.2 Å². The van der Waals surface area contributed by atoms with Crippen molar-refractivity contribution in [3.63, 3.8) is 0 Å². The van der Waals surface area contributed by atoms with E-state index in [4.69, 9.17) is 27.9 Å². The van der Waals surface area contributed by atoms with Crippen molar-refractivity contribution in [2.45, 2.75) is 13.8 Å². The molecule has 0 bridgehead atoms. The molecule has 4 rings (SSSR count). The zero-order chi connectivity index (χ0) is 24.6. The predicted molar refractivity (Wildman–Crippen MR) is 129 cm³/mol. The Morgan fingerprint density at radius 2 is 1.62 bits per heavy atom. The highest BCUT2D eigenvalue weighted by atomic mass is 35.5. The molecule has 1 aliphatic rings. The van der Waals surface area contributed by atoms with E-state index < -0.39 is 30.3 Å². The summed E-state index contributed by atoms with van der Waals surface area (Å²) in [6, 6.07) is 14.1. The summed E-state index contributed by atoms with van der Waals surface area (Å²) in [6.07, 6.45) is 0. The second kappa shape index (κ2) is 9.29. The molecule has 3 aromatic carbocycles. The van der Waals surface area contributed by atoms with E-state index in [1.165, 1.54) is 30.3 Å². The quantitative estimate of drug-likeness (QED) is 0.386. The minimum Gasteiger partial charge on any atom is -0.452 e. The van der Waals surface area contributed by atoms with Gasteiger partial charge in [0.05, 0.1) is 32.4 Å². The van der Waals surface area contributed by atoms with E-state index in [0.29, 0.717) is 16.4 Å². The van der Waals surface area contributed by atoms with Gasteiger partial charge in [0.25, 0.3) is 17.7 Å². The van der Waals surface area contributed by atoms with Crippen LogP contribution in [0.5, 0.6) is 0 Å². The van der Waals surface area contributed by atoms with Gasteiger partial charge in [-0.2, -0.15) is 0 Å². The van der Waals surface area contributed by atoms with E-state index in [1.807, 2.05) is 26.0 Å². The molecular weight excluding hydrogens is 479 g/mol. The van der Waals surface area contributed by atoms with Crippen molar-refractivity contribution < 1.29 is 23.9 Å². The smallest absolute Gasteiger partial charge is 0.338 e. The summed E-state index contributed by atoms with van der Waals surface area (Å²) in [4.78, 5) is 51.6. The number of aryl methyl sites for hydroxylation is 2. The Balaban J connectivity index is 1.46. The Kier molecular flexibility index (Phi) is 6.41. The molecule has 0 unspecified atom stereocenters. The van der Waals surface area contributed by atoms with Gasteiger partial charge in [-0.15, -0.1) is 0 Å². The maximum atomic E-state index is 13.0. The topological polar surface area (TPSA) is 92.8 Å². The summed E-state index contributed by atoms with van der Waals surface area (Å²) in [7, 11) is 0. The van der Waals surface area contributed by atoms with E-state index in [2.05, 4.69) is 5.32 Å². The molecular formula is C25H18Cl2N2O5. The number of anilines is 2. The van der Waals surface area contributed by atoms with Crippen LogP contribution in [0.15, 0.2) is 54.6 Å². The maximum Gasteiger partial charge on any atom is 0.338 e. The minimum absolute atomic E-state index is 0.0463. The van der Waals surface area contributed by atoms with Crippen molar-refractivity contribution in [3.05, 3.63) is 92.5 Å². The van der Waals surface area contributed by atoms with E-state index in [0.717, 1.165) is 16.0 Å². The monoisotopic (exact) mass is 496 g/mol. The van der Waals surface area contributed by atoms with Crippen LogP contribution in [0.4, 0.5) is 11.4 Å². The van der Waals surface area contributed by atoms with E-state index >= 15 is 0 Å². The van der Waals surface area contributed by atoms with Crippen molar-refractivity contribution in [1.82, 2.24) is 0 Å². The lowest BCUT2D eigenvalue weighted by Crippen LogP contribution is -2.30. The fraction of sp³-hybridized carbons (Fsp3) is 0.120. The molecule has 3 aromatic rings. The van der Waals surface area contributed by atoms with Gasteiger partial charge in [-0.05, 0) is 67.4 Å². The van der Waals surface area contributed by atoms with Crippen LogP contribution >= 0.6 is 23.2 Å². The maximum absolute atomic E-state index is 13.0. The standard InChI is InChI=1S/C25H18Cl2N2O5/c1-13-3-4-14(2)21(9-13)29-23(31)17-7-5-15(10-18(17)24(29)32)25(33)34-12-22(30)28-16-6-8-19(26)20(27)11-16/h3-11H,12H2,1-2H3,(H,28,30). The average Bonchev–Trinajstić information content (AvgIpc) is 3.05. The van der Waals surface area contributed by atoms with Gasteiger partial charge in [0.15, 0.2) is 6.61 Å². The van der Waals surface area contributed by atoms with Crippen molar-refractivity contribution in [2.75, 3.05) is 16.8 Å². The second-order valence-electron chi connectivity index (χ2n) is 7.75. The highest BCUT2D eigenvalue weighted by molar-refractivity contribution is 6.42. The number of carbonyl (C=O) groups excluding carboxylic acids is 4. The number of halogens is 2. The van der Waals surface area contributed by atoms with Gasteiger partial charge in [0.1, 0.15) is 0 Å². The summed E-state index contributed by atoms with van der Waals surface area (Å²) < 4.78 is 5.06. The number of imide groups is 1. The molecule has 0 atom stereocenters. The first-order valence-corrected chi connectivity index (χ1v) is 10.9. The lowest BCUT2D eigenvalue weighted by Gasteiger charge is -2.17. The number of carbonyl (C=O) groups is 4. The van der Waals surface area contributed by atoms with Crippen LogP contribution in [0.3, 0.4) is 0 Å². The molecule has 1 aliphatic heterocycles. The first-order valence-electron chi connectivity index (χ1n) is 10.2. The number of rotatable bonds is 5. The Hall–Kier alpha value is -3.68. The van der Waals surface area contributed by atoms with Crippen molar-refractivity contribution >= 4 is 58.3 Å². The highest BCUT2D eigenvalue weighted by Crippen LogP contribution is 2.32. The molecule has 1 heterocycles. The van der Waals surface area contributed by atoms with Crippen LogP contribution in [-0.2, 0) is 9.53 Å². The number of nitrogens with one attached hydrogen (secondary N) is 1. The van der Waals surface area contributed by atoms with Crippen LogP contribution in [0.2, 0.25) is 10.0 Å². The molecule has 0 radical (unpaired) electrons. The number of hydrogen-bond donors (Lipinski definition) is 1. The Morgan fingerprint density at radius 1 is 0.882 bits per heavy atom. The van der Waals surface area contributed by atoms with Crippen LogP contribution in [0, 0.1) is 13.8 Å². The third kappa shape index (κ3) is 4.53. The first kappa shape index (κ1) is 23.5. The molecule has 9 heteroatoms. The molecule has 0 aromatic heterocycles. The second-order valence-corrected chi connectivity index (χ2v) is 8.56. The number of fused-ring (bicyclic) bond motifs is 1. The summed E-state index contributed by atoms with van der Waals surface area (Å²) in [5.74, 6) is -2.38. The predicted octanol–water partition coefficient (Wildman–Crippen LogP) is 5.21. The number of amides is 3. The fourth-order valence-corrected chi connectivity index (χ4v) is 3.83. The number of ether oxygens (including phenoxy) is 1. The van der Waals surface area contributed by atoms with Gasteiger partial charge < -0.3 is 10.1 Å². The third-order valence-corrected chi connectivity index (χ3v) is 6.00. The SMILES string of the molecule is Cc1ccc(C)c(N2C(=O)c3ccc(C(=O)OCC(=O)Nc4ccc(Cl)c(Cl)c4)cc3C2=O)c1. The fourth-order valence-electron chi connectivity index (χ4n) is 3.53. The Labute approximate surface area is 205 Å². The highest BCUT2D eigenvalue weighted by Gasteiger charge is 2.38. The lowest BCUT2D eigenvalue weighted by molar-refractivity contribution is -0.119. The van der Waals surface area contributed by atoms with Gasteiger partial charge in [0.2, 0.25) is 0 Å². The van der Waals surface area contributed by atoms with Crippen LogP contribution in [0.25, 0.3) is 0 Å². The molecule has 0 spiro atoms. The molecule has 172 valence electrons. The Morgan fingerprint density at radius 3 is 2.35 bits per heavy atom. The average molecular weight is 497 g/mol. The van der Waals surface area contributed by atoms with Gasteiger partial charge in [-0.25, -0.2) is 9.69 Å². The van der Waals surface area contributed by atoms with E-state index in [9.17, 15) is 19.2 Å². The lowest BCUT2D eigenvalue weighted by atomic mass is 10.1. The van der Waals surface area contributed by atoms with Crippen molar-refractivity contribution in [3.8, 4) is 0 Å². The zero-order valence-electron chi connectivity index (χ0n) is 18.1. The number of hydrogen-bond acceptors (Lipinski definition) is 5. The molecule has 0 saturated heterocycles. The number of esters is 1. The third-order valence-electron chi connectivity index (χ3n) is 5.27. The number of nitrogens with zero attached hydrogens (tertiary/aromatic N) is 1. The van der Waals surface area contributed by atoms with Crippen LogP contribution in [-0.4, -0.2) is 30.3 Å². The van der Waals surface area contributed by atoms with Gasteiger partial charge >= 0.3 is 5.97 Å². The first-order chi connectivity index (χ1) is 16.2. The number of benzene rings is 3. The van der Waals surface area contributed by atoms with E-state index in [1.54, 1.807) is 12.1 Å². The summed E-state index contributed by atoms with van der Waals surface area (Å²) in [5, 5.41) is 3.15. The normalized spacial score (nSPS) is 12.5. The molecule has 3 amide bonds. The van der Waals surface area contributed by atoms with Crippen molar-refractivity contribution in [1.29, 1.82) is 0 Å². The summed E-state index contributed by atoms with van der Waals surface area (Å²) in [5.41, 5.74) is 2.90. The Bertz CT molecular complexity index is 1370. The van der Waals surface area contributed by atoms with Gasteiger partial charge in [0, 0.05) is 5.69 Å². The molecule has 0 saturated carbocycles. The zero-order valence-corrected chi connectivity index (χ0v) is 19.7. The molecule has 1 N–H and O–H groups in total. The molecule has 34 heavy (non-hydrogen) atoms. The van der Waals surface area contributed by atoms with Gasteiger partial charge in [-0.3, -0.25) is 14.4 Å². The summed E-state index contributed by atoms with van der Waals surface area (Å²) in [6.45, 7) is 3.12. The van der Waals surface area contributed by atoms with Crippen molar-refractivity contribution in [2.24, 2.45) is 0 Å². The van der Waals surface area contributed by atoms with Crippen LogP contribution < -0.4 is 10.2 Å². The minimum atomic E-state index is -0.808. The van der Waals surface area contributed by atoms with Gasteiger partial charge in [-0.1, -0.05) is 35.3 Å². The molecule has 0 aliphatic carbocycles. The molecule has 0 fully saturated rings. The largest absolute Gasteiger partial charge is 0.452 e. The summed E-state index contributed by atoms with van der Waals surface area (Å²) >= 11 is 11.8.